The molecule has 0 aromatic rings. The van der Waals surface area contributed by atoms with E-state index in [-0.39, 0.29) is 0 Å². The van der Waals surface area contributed by atoms with Crippen LogP contribution in [0, 0.1) is 41.4 Å². The Bertz CT molecular complexity index is 406. The number of rotatable bonds is 0. The van der Waals surface area contributed by atoms with Crippen molar-refractivity contribution >= 4 is 5.91 Å². The van der Waals surface area contributed by atoms with Gasteiger partial charge in [-0.25, -0.2) is 0 Å². The quantitative estimate of drug-likeness (QED) is 0.585. The largest absolute Gasteiger partial charge is 0.342 e. The summed E-state index contributed by atoms with van der Waals surface area (Å²) in [5, 5.41) is 0. The molecular weight excluding hydrogens is 210 g/mol. The monoisotopic (exact) mass is 231 g/mol. The van der Waals surface area contributed by atoms with Crippen LogP contribution >= 0.6 is 0 Å². The first-order valence-corrected chi connectivity index (χ1v) is 7.51. The number of carbonyl (C=O) groups excluding carboxylic acids is 1. The Morgan fingerprint density at radius 3 is 2.47 bits per heavy atom. The zero-order valence-corrected chi connectivity index (χ0v) is 10.5. The average molecular weight is 231 g/mol. The van der Waals surface area contributed by atoms with Gasteiger partial charge in [-0.2, -0.15) is 0 Å². The van der Waals surface area contributed by atoms with Crippen molar-refractivity contribution in [1.82, 2.24) is 4.90 Å². The maximum atomic E-state index is 11.9. The summed E-state index contributed by atoms with van der Waals surface area (Å²) in [6.45, 7) is 0. The molecule has 1 saturated heterocycles. The van der Waals surface area contributed by atoms with Gasteiger partial charge < -0.3 is 4.90 Å². The number of nitrogens with zero attached hydrogens (tertiary/aromatic N) is 1. The van der Waals surface area contributed by atoms with Crippen molar-refractivity contribution in [3.8, 4) is 0 Å². The van der Waals surface area contributed by atoms with Gasteiger partial charge in [-0.1, -0.05) is 0 Å². The highest BCUT2D eigenvalue weighted by Crippen LogP contribution is 2.70. The van der Waals surface area contributed by atoms with Crippen molar-refractivity contribution in [3.63, 3.8) is 0 Å². The number of hydrogen-bond acceptors (Lipinski definition) is 1. The molecule has 5 aliphatic rings. The molecule has 5 rings (SSSR count). The Morgan fingerprint density at radius 1 is 1.00 bits per heavy atom. The number of hydrogen-bond donors (Lipinski definition) is 0. The summed E-state index contributed by atoms with van der Waals surface area (Å²) in [5.41, 5.74) is 0. The summed E-state index contributed by atoms with van der Waals surface area (Å²) in [7, 11) is 2.07. The van der Waals surface area contributed by atoms with Gasteiger partial charge in [-0.3, -0.25) is 4.79 Å². The third-order valence-corrected chi connectivity index (χ3v) is 7.26. The van der Waals surface area contributed by atoms with Crippen molar-refractivity contribution in [2.75, 3.05) is 7.05 Å². The van der Waals surface area contributed by atoms with Crippen LogP contribution in [0.2, 0.25) is 0 Å². The molecule has 1 heterocycles. The number of likely N-dealkylation sites (tertiary alicyclic amines) is 1. The molecule has 8 unspecified atom stereocenters. The average Bonchev–Trinajstić information content (AvgIpc) is 3.04. The normalized spacial score (nSPS) is 62.4. The molecule has 8 atom stereocenters. The molecule has 0 aromatic heterocycles. The molecule has 2 heteroatoms. The lowest BCUT2D eigenvalue weighted by Crippen LogP contribution is -2.44. The highest BCUT2D eigenvalue weighted by molar-refractivity contribution is 5.79. The van der Waals surface area contributed by atoms with E-state index in [1.54, 1.807) is 6.42 Å². The molecule has 0 aromatic carbocycles. The number of carbonyl (C=O) groups is 1. The fraction of sp³-hybridized carbons (Fsp3) is 0.933. The van der Waals surface area contributed by atoms with Crippen LogP contribution in [0.4, 0.5) is 0 Å². The van der Waals surface area contributed by atoms with Crippen LogP contribution in [0.1, 0.15) is 32.1 Å². The Hall–Kier alpha value is -0.530. The second-order valence-corrected chi connectivity index (χ2v) is 7.41. The van der Waals surface area contributed by atoms with E-state index in [0.29, 0.717) is 11.9 Å². The Morgan fingerprint density at radius 2 is 1.71 bits per heavy atom. The third kappa shape index (κ3) is 0.880. The maximum absolute atomic E-state index is 11.9. The first kappa shape index (κ1) is 9.41. The predicted octanol–water partition coefficient (Wildman–Crippen LogP) is 2.15. The predicted molar refractivity (Wildman–Crippen MR) is 64.1 cm³/mol. The van der Waals surface area contributed by atoms with Gasteiger partial charge in [-0.15, -0.1) is 0 Å². The fourth-order valence-corrected chi connectivity index (χ4v) is 7.04. The highest BCUT2D eigenvalue weighted by atomic mass is 16.2. The van der Waals surface area contributed by atoms with E-state index in [9.17, 15) is 4.79 Å². The molecule has 5 fully saturated rings. The molecule has 4 saturated carbocycles. The molecule has 0 spiro atoms. The van der Waals surface area contributed by atoms with Crippen LogP contribution in [-0.4, -0.2) is 23.9 Å². The van der Waals surface area contributed by atoms with Crippen LogP contribution in [0.25, 0.3) is 0 Å². The smallest absolute Gasteiger partial charge is 0.222 e. The van der Waals surface area contributed by atoms with E-state index in [1.807, 2.05) is 0 Å². The number of fused-ring (bicyclic) bond motifs is 12. The lowest BCUT2D eigenvalue weighted by atomic mass is 9.66. The van der Waals surface area contributed by atoms with E-state index in [2.05, 4.69) is 11.9 Å². The minimum atomic E-state index is 0.432. The minimum Gasteiger partial charge on any atom is -0.342 e. The van der Waals surface area contributed by atoms with Gasteiger partial charge in [0.05, 0.1) is 0 Å². The fourth-order valence-electron chi connectivity index (χ4n) is 7.04. The molecule has 2 nitrogen and oxygen atoms in total. The molecule has 17 heavy (non-hydrogen) atoms. The van der Waals surface area contributed by atoms with Gasteiger partial charge >= 0.3 is 0 Å². The van der Waals surface area contributed by atoms with Crippen LogP contribution in [0.3, 0.4) is 0 Å². The van der Waals surface area contributed by atoms with Crippen molar-refractivity contribution in [3.05, 3.63) is 0 Å². The van der Waals surface area contributed by atoms with E-state index < -0.39 is 0 Å². The lowest BCUT2D eigenvalue weighted by Gasteiger charge is -2.42. The summed E-state index contributed by atoms with van der Waals surface area (Å²) < 4.78 is 0. The molecule has 1 amide bonds. The van der Waals surface area contributed by atoms with E-state index >= 15 is 0 Å². The summed E-state index contributed by atoms with van der Waals surface area (Å²) in [6.07, 6.45) is 6.90. The Kier molecular flexibility index (Phi) is 1.51. The first-order valence-electron chi connectivity index (χ1n) is 7.51. The molecule has 92 valence electrons. The van der Waals surface area contributed by atoms with Gasteiger partial charge in [0.2, 0.25) is 5.91 Å². The third-order valence-electron chi connectivity index (χ3n) is 7.26. The van der Waals surface area contributed by atoms with Crippen molar-refractivity contribution < 1.29 is 4.79 Å². The molecule has 4 aliphatic carbocycles. The van der Waals surface area contributed by atoms with Gasteiger partial charge in [0, 0.05) is 19.5 Å². The second kappa shape index (κ2) is 2.73. The molecule has 1 aliphatic heterocycles. The topological polar surface area (TPSA) is 20.3 Å². The van der Waals surface area contributed by atoms with Gasteiger partial charge in [-0.05, 0) is 67.1 Å². The molecule has 4 bridgehead atoms. The molecule has 0 N–H and O–H groups in total. The van der Waals surface area contributed by atoms with E-state index in [1.165, 1.54) is 19.3 Å². The first-order chi connectivity index (χ1) is 8.25. The van der Waals surface area contributed by atoms with E-state index in [4.69, 9.17) is 0 Å². The van der Waals surface area contributed by atoms with E-state index in [0.717, 1.165) is 47.8 Å². The summed E-state index contributed by atoms with van der Waals surface area (Å²) in [5.74, 6) is 7.17. The van der Waals surface area contributed by atoms with Crippen molar-refractivity contribution in [2.45, 2.75) is 38.1 Å². The Balaban J connectivity index is 1.57. The summed E-state index contributed by atoms with van der Waals surface area (Å²) in [6, 6.07) is 0.646. The van der Waals surface area contributed by atoms with Crippen LogP contribution in [-0.2, 0) is 4.79 Å². The standard InChI is InChI=1S/C15H21NO/c1-16-12(17)6-10-9-5-11(15(10)16)14-8-3-2-7(4-8)13(9)14/h7-11,13-15H,2-6H2,1H3. The van der Waals surface area contributed by atoms with Crippen molar-refractivity contribution in [1.29, 1.82) is 0 Å². The van der Waals surface area contributed by atoms with Gasteiger partial charge in [0.15, 0.2) is 0 Å². The zero-order valence-electron chi connectivity index (χ0n) is 10.5. The van der Waals surface area contributed by atoms with Crippen LogP contribution in [0.15, 0.2) is 0 Å². The minimum absolute atomic E-state index is 0.432. The molecule has 0 radical (unpaired) electrons. The Labute approximate surface area is 103 Å². The lowest BCUT2D eigenvalue weighted by molar-refractivity contribution is -0.128. The second-order valence-electron chi connectivity index (χ2n) is 7.41. The SMILES string of the molecule is CN1C(=O)CC2C3CC(C4C5CCC(C5)C34)C21. The van der Waals surface area contributed by atoms with Crippen LogP contribution < -0.4 is 0 Å². The highest BCUT2D eigenvalue weighted by Gasteiger charge is 2.68. The number of amides is 1. The maximum Gasteiger partial charge on any atom is 0.222 e. The van der Waals surface area contributed by atoms with Crippen molar-refractivity contribution in [2.24, 2.45) is 41.4 Å². The van der Waals surface area contributed by atoms with Gasteiger partial charge in [0.1, 0.15) is 0 Å². The molecular formula is C15H21NO. The summed E-state index contributed by atoms with van der Waals surface area (Å²) >= 11 is 0. The van der Waals surface area contributed by atoms with Crippen LogP contribution in [0.5, 0.6) is 0 Å². The van der Waals surface area contributed by atoms with Gasteiger partial charge in [0.25, 0.3) is 0 Å². The zero-order chi connectivity index (χ0) is 11.3. The summed E-state index contributed by atoms with van der Waals surface area (Å²) in [4.78, 5) is 14.1.